The highest BCUT2D eigenvalue weighted by Gasteiger charge is 2.26. The van der Waals surface area contributed by atoms with E-state index in [1.54, 1.807) is 18.2 Å². The topological polar surface area (TPSA) is 73.6 Å². The maximum absolute atomic E-state index is 12.9. The molecule has 0 heterocycles. The van der Waals surface area contributed by atoms with Crippen LogP contribution in [0.4, 0.5) is 8.78 Å². The number of alkyl halides is 2. The van der Waals surface area contributed by atoms with Gasteiger partial charge >= 0.3 is 0 Å². The average Bonchev–Trinajstić information content (AvgIpc) is 2.50. The molecule has 0 radical (unpaired) electrons. The van der Waals surface area contributed by atoms with Crippen molar-refractivity contribution in [3.63, 3.8) is 0 Å². The summed E-state index contributed by atoms with van der Waals surface area (Å²) >= 11 is 0. The van der Waals surface area contributed by atoms with Crippen LogP contribution in [-0.4, -0.2) is 39.1 Å². The highest BCUT2D eigenvalue weighted by Crippen LogP contribution is 2.23. The Hall–Kier alpha value is -1.60. The summed E-state index contributed by atoms with van der Waals surface area (Å²) < 4.78 is 36.0. The lowest BCUT2D eigenvalue weighted by atomic mass is 10.1. The molecule has 5 nitrogen and oxygen atoms in total. The number of halogens is 3. The molecule has 1 aromatic carbocycles. The van der Waals surface area contributed by atoms with Crippen molar-refractivity contribution in [1.82, 2.24) is 5.32 Å². The highest BCUT2D eigenvalue weighted by atomic mass is 35.5. The first-order chi connectivity index (χ1) is 9.90. The molecule has 0 unspecified atom stereocenters. The number of nitrogens with one attached hydrogen (secondary N) is 1. The largest absolute Gasteiger partial charge is 0.497 e. The normalized spacial score (nSPS) is 10.6. The number of hydrogen-bond donors (Lipinski definition) is 2. The first kappa shape index (κ1) is 20.4. The van der Waals surface area contributed by atoms with Crippen LogP contribution in [0.1, 0.15) is 12.0 Å². The average molecular weight is 339 g/mol. The smallest absolute Gasteiger partial charge is 0.277 e. The zero-order valence-electron chi connectivity index (χ0n) is 12.5. The Balaban J connectivity index is 0.00000441. The molecule has 0 aromatic heterocycles. The Morgan fingerprint density at radius 1 is 1.23 bits per heavy atom. The van der Waals surface area contributed by atoms with E-state index in [2.05, 4.69) is 5.32 Å². The third kappa shape index (κ3) is 6.91. The van der Waals surface area contributed by atoms with Gasteiger partial charge in [-0.2, -0.15) is 0 Å². The molecule has 1 aromatic rings. The van der Waals surface area contributed by atoms with E-state index in [9.17, 15) is 13.6 Å². The van der Waals surface area contributed by atoms with Crippen molar-refractivity contribution < 1.29 is 23.0 Å². The fourth-order valence-corrected chi connectivity index (χ4v) is 1.66. The van der Waals surface area contributed by atoms with Gasteiger partial charge in [0, 0.05) is 12.5 Å². The van der Waals surface area contributed by atoms with Crippen molar-refractivity contribution in [3.05, 3.63) is 23.8 Å². The number of rotatable bonds is 8. The summed E-state index contributed by atoms with van der Waals surface area (Å²) in [5.41, 5.74) is 5.72. The van der Waals surface area contributed by atoms with E-state index < -0.39 is 24.9 Å². The molecule has 0 aliphatic rings. The number of aryl methyl sites for hydroxylation is 1. The molecule has 0 aliphatic heterocycles. The molecule has 0 aliphatic carbocycles. The monoisotopic (exact) mass is 338 g/mol. The number of ether oxygens (including phenoxy) is 2. The molecule has 0 atom stereocenters. The quantitative estimate of drug-likeness (QED) is 0.757. The SMILES string of the molecule is COc1cc(CCC(=O)NCC(F)(F)CN)cc(OC)c1.Cl. The predicted octanol–water partition coefficient (Wildman–Crippen LogP) is 1.77. The molecule has 0 saturated carbocycles. The van der Waals surface area contributed by atoms with Gasteiger partial charge in [0.05, 0.1) is 27.3 Å². The summed E-state index contributed by atoms with van der Waals surface area (Å²) in [6.07, 6.45) is 0.491. The van der Waals surface area contributed by atoms with Crippen LogP contribution in [-0.2, 0) is 11.2 Å². The third-order valence-electron chi connectivity index (χ3n) is 2.89. The van der Waals surface area contributed by atoms with Gasteiger partial charge in [0.25, 0.3) is 5.92 Å². The minimum absolute atomic E-state index is 0. The maximum Gasteiger partial charge on any atom is 0.277 e. The Bertz CT molecular complexity index is 465. The van der Waals surface area contributed by atoms with E-state index in [4.69, 9.17) is 15.2 Å². The summed E-state index contributed by atoms with van der Waals surface area (Å²) in [7, 11) is 3.06. The Kier molecular flexibility index (Phi) is 8.74. The highest BCUT2D eigenvalue weighted by molar-refractivity contribution is 5.85. The number of amides is 1. The van der Waals surface area contributed by atoms with Gasteiger partial charge in [0.1, 0.15) is 11.5 Å². The van der Waals surface area contributed by atoms with E-state index in [0.29, 0.717) is 17.9 Å². The minimum Gasteiger partial charge on any atom is -0.497 e. The lowest BCUT2D eigenvalue weighted by molar-refractivity contribution is -0.122. The van der Waals surface area contributed by atoms with Crippen LogP contribution in [0.25, 0.3) is 0 Å². The number of methoxy groups -OCH3 is 2. The molecule has 22 heavy (non-hydrogen) atoms. The molecule has 1 amide bonds. The molecular weight excluding hydrogens is 318 g/mol. The second-order valence-electron chi connectivity index (χ2n) is 4.56. The standard InChI is InChI=1S/C14H20F2N2O3.ClH/c1-20-11-5-10(6-12(7-11)21-2)3-4-13(19)18-9-14(15,16)8-17;/h5-7H,3-4,8-9,17H2,1-2H3,(H,18,19);1H. The number of hydrogen-bond acceptors (Lipinski definition) is 4. The van der Waals surface area contributed by atoms with Crippen LogP contribution in [0.3, 0.4) is 0 Å². The second-order valence-corrected chi connectivity index (χ2v) is 4.56. The fraction of sp³-hybridized carbons (Fsp3) is 0.500. The third-order valence-corrected chi connectivity index (χ3v) is 2.89. The van der Waals surface area contributed by atoms with Gasteiger partial charge in [-0.05, 0) is 24.1 Å². The van der Waals surface area contributed by atoms with E-state index in [1.165, 1.54) is 14.2 Å². The van der Waals surface area contributed by atoms with Crippen LogP contribution in [0.2, 0.25) is 0 Å². The van der Waals surface area contributed by atoms with E-state index in [-0.39, 0.29) is 18.8 Å². The summed E-state index contributed by atoms with van der Waals surface area (Å²) in [4.78, 5) is 11.5. The molecule has 0 fully saturated rings. The molecule has 1 rings (SSSR count). The Labute approximate surface area is 134 Å². The summed E-state index contributed by atoms with van der Waals surface area (Å²) in [5.74, 6) is -2.31. The van der Waals surface area contributed by atoms with Crippen molar-refractivity contribution in [1.29, 1.82) is 0 Å². The van der Waals surface area contributed by atoms with Gasteiger partial charge in [-0.15, -0.1) is 12.4 Å². The van der Waals surface area contributed by atoms with Gasteiger partial charge in [0.2, 0.25) is 5.91 Å². The van der Waals surface area contributed by atoms with Crippen molar-refractivity contribution in [2.45, 2.75) is 18.8 Å². The molecular formula is C14H21ClF2N2O3. The number of nitrogens with two attached hydrogens (primary N) is 1. The summed E-state index contributed by atoms with van der Waals surface area (Å²) in [6, 6.07) is 5.25. The van der Waals surface area contributed by atoms with Crippen LogP contribution >= 0.6 is 12.4 Å². The Morgan fingerprint density at radius 3 is 2.23 bits per heavy atom. The molecule has 126 valence electrons. The molecule has 3 N–H and O–H groups in total. The van der Waals surface area contributed by atoms with Gasteiger partial charge in [-0.1, -0.05) is 0 Å². The maximum atomic E-state index is 12.9. The molecule has 0 bridgehead atoms. The van der Waals surface area contributed by atoms with Gasteiger partial charge in [-0.25, -0.2) is 8.78 Å². The van der Waals surface area contributed by atoms with Gasteiger partial charge in [0.15, 0.2) is 0 Å². The van der Waals surface area contributed by atoms with Crippen LogP contribution in [0.5, 0.6) is 11.5 Å². The number of benzene rings is 1. The zero-order valence-corrected chi connectivity index (χ0v) is 13.3. The zero-order chi connectivity index (χ0) is 15.9. The van der Waals surface area contributed by atoms with Gasteiger partial charge in [-0.3, -0.25) is 4.79 Å². The first-order valence-electron chi connectivity index (χ1n) is 6.46. The molecule has 0 saturated heterocycles. The van der Waals surface area contributed by atoms with E-state index >= 15 is 0 Å². The Morgan fingerprint density at radius 2 is 1.77 bits per heavy atom. The lowest BCUT2D eigenvalue weighted by Crippen LogP contribution is -2.41. The first-order valence-corrected chi connectivity index (χ1v) is 6.46. The van der Waals surface area contributed by atoms with Crippen molar-refractivity contribution in [2.24, 2.45) is 5.73 Å². The summed E-state index contributed by atoms with van der Waals surface area (Å²) in [6.45, 7) is -1.54. The van der Waals surface area contributed by atoms with Crippen LogP contribution < -0.4 is 20.5 Å². The molecule has 8 heteroatoms. The van der Waals surface area contributed by atoms with E-state index in [1.807, 2.05) is 0 Å². The van der Waals surface area contributed by atoms with Crippen LogP contribution in [0, 0.1) is 0 Å². The van der Waals surface area contributed by atoms with Crippen molar-refractivity contribution >= 4 is 18.3 Å². The molecule has 0 spiro atoms. The second kappa shape index (κ2) is 9.42. The summed E-state index contributed by atoms with van der Waals surface area (Å²) in [5, 5.41) is 2.17. The van der Waals surface area contributed by atoms with Crippen molar-refractivity contribution in [2.75, 3.05) is 27.3 Å². The number of carbonyl (C=O) groups excluding carboxylic acids is 1. The van der Waals surface area contributed by atoms with Crippen molar-refractivity contribution in [3.8, 4) is 11.5 Å². The number of carbonyl (C=O) groups is 1. The predicted molar refractivity (Wildman–Crippen MR) is 82.1 cm³/mol. The lowest BCUT2D eigenvalue weighted by Gasteiger charge is -2.14. The van der Waals surface area contributed by atoms with Crippen LogP contribution in [0.15, 0.2) is 18.2 Å². The fourth-order valence-electron chi connectivity index (χ4n) is 1.66. The minimum atomic E-state index is -3.07. The van der Waals surface area contributed by atoms with E-state index in [0.717, 1.165) is 5.56 Å². The van der Waals surface area contributed by atoms with Gasteiger partial charge < -0.3 is 20.5 Å².